The van der Waals surface area contributed by atoms with E-state index in [-0.39, 0.29) is 6.03 Å². The van der Waals surface area contributed by atoms with E-state index >= 15 is 0 Å². The molecule has 21 heavy (non-hydrogen) atoms. The van der Waals surface area contributed by atoms with Crippen LogP contribution in [0.1, 0.15) is 24.4 Å². The highest BCUT2D eigenvalue weighted by atomic mass is 16.3. The Balaban J connectivity index is 1.82. The Morgan fingerprint density at radius 3 is 2.95 bits per heavy atom. The number of amides is 2. The average molecular weight is 288 g/mol. The van der Waals surface area contributed by atoms with Gasteiger partial charge < -0.3 is 20.3 Å². The predicted molar refractivity (Wildman–Crippen MR) is 81.0 cm³/mol. The summed E-state index contributed by atoms with van der Waals surface area (Å²) in [7, 11) is 1.92. The molecule has 1 aromatic heterocycles. The number of anilines is 1. The SMILES string of the molecule is CC(O)c1cccc(NC(=O)NCCc2nccn2C)c1. The van der Waals surface area contributed by atoms with E-state index in [4.69, 9.17) is 0 Å². The number of hydrogen-bond donors (Lipinski definition) is 3. The predicted octanol–water partition coefficient (Wildman–Crippen LogP) is 1.84. The Morgan fingerprint density at radius 2 is 2.29 bits per heavy atom. The molecule has 3 N–H and O–H groups in total. The van der Waals surface area contributed by atoms with Crippen molar-refractivity contribution in [2.75, 3.05) is 11.9 Å². The number of hydrogen-bond acceptors (Lipinski definition) is 3. The molecule has 1 atom stereocenters. The molecule has 0 fully saturated rings. The number of imidazole rings is 1. The molecular formula is C15H20N4O2. The third kappa shape index (κ3) is 4.32. The van der Waals surface area contributed by atoms with Crippen LogP contribution in [0.3, 0.4) is 0 Å². The van der Waals surface area contributed by atoms with E-state index in [2.05, 4.69) is 15.6 Å². The summed E-state index contributed by atoms with van der Waals surface area (Å²) in [6.07, 6.45) is 3.72. The van der Waals surface area contributed by atoms with Gasteiger partial charge in [0.1, 0.15) is 5.82 Å². The zero-order valence-corrected chi connectivity index (χ0v) is 12.2. The van der Waals surface area contributed by atoms with Gasteiger partial charge >= 0.3 is 6.03 Å². The minimum atomic E-state index is -0.557. The topological polar surface area (TPSA) is 79.2 Å². The standard InChI is InChI=1S/C15H20N4O2/c1-11(20)12-4-3-5-13(10-12)18-15(21)17-7-6-14-16-8-9-19(14)2/h3-5,8-11,20H,6-7H2,1-2H3,(H2,17,18,21). The van der Waals surface area contributed by atoms with Crippen molar-refractivity contribution in [2.45, 2.75) is 19.4 Å². The second kappa shape index (κ2) is 6.90. The number of nitrogens with zero attached hydrogens (tertiary/aromatic N) is 2. The quantitative estimate of drug-likeness (QED) is 0.785. The van der Waals surface area contributed by atoms with Crippen molar-refractivity contribution >= 4 is 11.7 Å². The summed E-state index contributed by atoms with van der Waals surface area (Å²) in [5.41, 5.74) is 1.42. The highest BCUT2D eigenvalue weighted by Crippen LogP contribution is 2.16. The number of aromatic nitrogens is 2. The lowest BCUT2D eigenvalue weighted by Crippen LogP contribution is -2.30. The van der Waals surface area contributed by atoms with Gasteiger partial charge in [-0.15, -0.1) is 0 Å². The van der Waals surface area contributed by atoms with Gasteiger partial charge in [0.2, 0.25) is 0 Å². The monoisotopic (exact) mass is 288 g/mol. The first kappa shape index (κ1) is 15.1. The Kier molecular flexibility index (Phi) is 4.94. The van der Waals surface area contributed by atoms with E-state index in [1.165, 1.54) is 0 Å². The minimum absolute atomic E-state index is 0.271. The highest BCUT2D eigenvalue weighted by molar-refractivity contribution is 5.89. The number of rotatable bonds is 5. The molecule has 1 unspecified atom stereocenters. The summed E-state index contributed by atoms with van der Waals surface area (Å²) in [6, 6.07) is 6.88. The first-order valence-electron chi connectivity index (χ1n) is 6.85. The van der Waals surface area contributed by atoms with E-state index in [1.54, 1.807) is 31.3 Å². The normalized spacial score (nSPS) is 12.0. The molecule has 2 aromatic rings. The van der Waals surface area contributed by atoms with Crippen LogP contribution in [-0.4, -0.2) is 27.2 Å². The maximum atomic E-state index is 11.8. The van der Waals surface area contributed by atoms with Gasteiger partial charge in [0, 0.05) is 38.1 Å². The van der Waals surface area contributed by atoms with Crippen LogP contribution >= 0.6 is 0 Å². The van der Waals surface area contributed by atoms with Crippen molar-refractivity contribution in [3.8, 4) is 0 Å². The molecule has 6 nitrogen and oxygen atoms in total. The molecule has 2 rings (SSSR count). The molecular weight excluding hydrogens is 268 g/mol. The largest absolute Gasteiger partial charge is 0.389 e. The number of urea groups is 1. The van der Waals surface area contributed by atoms with Crippen LogP contribution in [0.15, 0.2) is 36.7 Å². The molecule has 112 valence electrons. The number of carbonyl (C=O) groups is 1. The van der Waals surface area contributed by atoms with Crippen molar-refractivity contribution in [2.24, 2.45) is 7.05 Å². The number of aliphatic hydroxyl groups is 1. The van der Waals surface area contributed by atoms with E-state index in [9.17, 15) is 9.90 Å². The molecule has 1 heterocycles. The zero-order chi connectivity index (χ0) is 15.2. The van der Waals surface area contributed by atoms with Crippen molar-refractivity contribution in [3.63, 3.8) is 0 Å². The maximum absolute atomic E-state index is 11.8. The van der Waals surface area contributed by atoms with Crippen molar-refractivity contribution < 1.29 is 9.90 Å². The molecule has 2 amide bonds. The Morgan fingerprint density at radius 1 is 1.48 bits per heavy atom. The fourth-order valence-electron chi connectivity index (χ4n) is 1.98. The number of aryl methyl sites for hydroxylation is 1. The van der Waals surface area contributed by atoms with Gasteiger partial charge in [-0.3, -0.25) is 0 Å². The van der Waals surface area contributed by atoms with Gasteiger partial charge in [0.15, 0.2) is 0 Å². The summed E-state index contributed by atoms with van der Waals surface area (Å²) in [5.74, 6) is 0.923. The Bertz CT molecular complexity index is 607. The van der Waals surface area contributed by atoms with E-state index in [0.717, 1.165) is 11.4 Å². The highest BCUT2D eigenvalue weighted by Gasteiger charge is 2.05. The Labute approximate surface area is 123 Å². The molecule has 0 spiro atoms. The van der Waals surface area contributed by atoms with Crippen LogP contribution in [0.4, 0.5) is 10.5 Å². The van der Waals surface area contributed by atoms with Crippen LogP contribution in [0, 0.1) is 0 Å². The zero-order valence-electron chi connectivity index (χ0n) is 12.2. The third-order valence-electron chi connectivity index (χ3n) is 3.18. The smallest absolute Gasteiger partial charge is 0.319 e. The second-order valence-corrected chi connectivity index (χ2v) is 4.89. The summed E-state index contributed by atoms with van der Waals surface area (Å²) in [6.45, 7) is 2.19. The summed E-state index contributed by atoms with van der Waals surface area (Å²) in [4.78, 5) is 16.0. The Hall–Kier alpha value is -2.34. The van der Waals surface area contributed by atoms with Gasteiger partial charge in [-0.05, 0) is 24.6 Å². The first-order chi connectivity index (χ1) is 10.1. The van der Waals surface area contributed by atoms with Crippen molar-refractivity contribution in [1.82, 2.24) is 14.9 Å². The van der Waals surface area contributed by atoms with Crippen molar-refractivity contribution in [1.29, 1.82) is 0 Å². The van der Waals surface area contributed by atoms with Crippen LogP contribution in [0.25, 0.3) is 0 Å². The number of carbonyl (C=O) groups excluding carboxylic acids is 1. The number of aliphatic hydroxyl groups excluding tert-OH is 1. The molecule has 0 saturated heterocycles. The fourth-order valence-corrected chi connectivity index (χ4v) is 1.98. The lowest BCUT2D eigenvalue weighted by Gasteiger charge is -2.10. The molecule has 0 radical (unpaired) electrons. The summed E-state index contributed by atoms with van der Waals surface area (Å²) < 4.78 is 1.92. The number of benzene rings is 1. The minimum Gasteiger partial charge on any atom is -0.389 e. The fraction of sp³-hybridized carbons (Fsp3) is 0.333. The molecule has 6 heteroatoms. The third-order valence-corrected chi connectivity index (χ3v) is 3.18. The molecule has 0 aliphatic heterocycles. The number of nitrogens with one attached hydrogen (secondary N) is 2. The maximum Gasteiger partial charge on any atom is 0.319 e. The molecule has 0 saturated carbocycles. The summed E-state index contributed by atoms with van der Waals surface area (Å²) >= 11 is 0. The van der Waals surface area contributed by atoms with E-state index in [0.29, 0.717) is 18.7 Å². The lowest BCUT2D eigenvalue weighted by molar-refractivity contribution is 0.199. The average Bonchev–Trinajstić information content (AvgIpc) is 2.85. The van der Waals surface area contributed by atoms with Crippen molar-refractivity contribution in [3.05, 3.63) is 48.0 Å². The van der Waals surface area contributed by atoms with Crippen LogP contribution in [-0.2, 0) is 13.5 Å². The van der Waals surface area contributed by atoms with Gasteiger partial charge in [-0.1, -0.05) is 12.1 Å². The molecule has 0 aliphatic rings. The van der Waals surface area contributed by atoms with Crippen LogP contribution in [0.2, 0.25) is 0 Å². The van der Waals surface area contributed by atoms with Gasteiger partial charge in [-0.2, -0.15) is 0 Å². The lowest BCUT2D eigenvalue weighted by atomic mass is 10.1. The second-order valence-electron chi connectivity index (χ2n) is 4.89. The van der Waals surface area contributed by atoms with Gasteiger partial charge in [0.25, 0.3) is 0 Å². The molecule has 0 aliphatic carbocycles. The van der Waals surface area contributed by atoms with E-state index in [1.807, 2.05) is 23.9 Å². The molecule has 0 bridgehead atoms. The van der Waals surface area contributed by atoms with E-state index < -0.39 is 6.10 Å². The van der Waals surface area contributed by atoms with Gasteiger partial charge in [-0.25, -0.2) is 9.78 Å². The summed E-state index contributed by atoms with van der Waals surface area (Å²) in [5, 5.41) is 15.0. The van der Waals surface area contributed by atoms with Gasteiger partial charge in [0.05, 0.1) is 6.10 Å². The van der Waals surface area contributed by atoms with Crippen LogP contribution in [0.5, 0.6) is 0 Å². The first-order valence-corrected chi connectivity index (χ1v) is 6.85. The van der Waals surface area contributed by atoms with Crippen LogP contribution < -0.4 is 10.6 Å². The molecule has 1 aromatic carbocycles.